The van der Waals surface area contributed by atoms with E-state index in [1.807, 2.05) is 53.2 Å². The molecular weight excluding hydrogens is 522 g/mol. The standard InChI is InChI=1S/C29H31N7O3Si/c1-40(2,3)17-16-38-20-34-15-13-31-27(34)22-9-7-21(8-10-22)23-18-32-35-14-11-26(33-28(23)35)36-25(19-39-29(36)37)24-6-4-5-12-30-24/h4-15,18,25H,16-17,19-20H2,1-3H3/t25-/m1/s1. The Balaban J connectivity index is 1.24. The number of hydrogen-bond acceptors (Lipinski definition) is 7. The number of fused-ring (bicyclic) bond motifs is 1. The van der Waals surface area contributed by atoms with Gasteiger partial charge in [-0.05, 0) is 29.8 Å². The van der Waals surface area contributed by atoms with Crippen LogP contribution in [0.3, 0.4) is 0 Å². The topological polar surface area (TPSA) is 99.7 Å². The van der Waals surface area contributed by atoms with E-state index in [0.717, 1.165) is 40.9 Å². The van der Waals surface area contributed by atoms with Gasteiger partial charge in [-0.3, -0.25) is 4.98 Å². The van der Waals surface area contributed by atoms with Gasteiger partial charge in [0.25, 0.3) is 0 Å². The maximum absolute atomic E-state index is 12.7. The van der Waals surface area contributed by atoms with E-state index >= 15 is 0 Å². The highest BCUT2D eigenvalue weighted by atomic mass is 28.3. The molecule has 1 aliphatic heterocycles. The molecule has 0 saturated carbocycles. The van der Waals surface area contributed by atoms with E-state index < -0.39 is 14.2 Å². The van der Waals surface area contributed by atoms with Crippen LogP contribution in [0.5, 0.6) is 0 Å². The summed E-state index contributed by atoms with van der Waals surface area (Å²) >= 11 is 0. The molecule has 5 heterocycles. The molecule has 1 saturated heterocycles. The largest absolute Gasteiger partial charge is 0.446 e. The minimum Gasteiger partial charge on any atom is -0.446 e. The molecule has 4 aromatic heterocycles. The molecule has 0 N–H and O–H groups in total. The highest BCUT2D eigenvalue weighted by Crippen LogP contribution is 2.33. The van der Waals surface area contributed by atoms with Crippen LogP contribution in [-0.2, 0) is 16.2 Å². The van der Waals surface area contributed by atoms with Gasteiger partial charge in [-0.15, -0.1) is 0 Å². The third-order valence-corrected chi connectivity index (χ3v) is 8.60. The summed E-state index contributed by atoms with van der Waals surface area (Å²) in [6.45, 7) is 8.49. The zero-order valence-corrected chi connectivity index (χ0v) is 23.8. The first-order valence-corrected chi connectivity index (χ1v) is 17.0. The van der Waals surface area contributed by atoms with E-state index in [0.29, 0.717) is 18.2 Å². The maximum Gasteiger partial charge on any atom is 0.416 e. The molecule has 1 aliphatic rings. The number of hydrogen-bond donors (Lipinski definition) is 0. The summed E-state index contributed by atoms with van der Waals surface area (Å²) in [6, 6.07) is 16.3. The summed E-state index contributed by atoms with van der Waals surface area (Å²) in [7, 11) is -1.13. The predicted octanol–water partition coefficient (Wildman–Crippen LogP) is 5.67. The van der Waals surface area contributed by atoms with E-state index in [4.69, 9.17) is 14.5 Å². The average molecular weight is 554 g/mol. The number of cyclic esters (lactones) is 1. The van der Waals surface area contributed by atoms with E-state index in [1.165, 1.54) is 0 Å². The Morgan fingerprint density at radius 3 is 2.60 bits per heavy atom. The van der Waals surface area contributed by atoms with Crippen LogP contribution in [0.1, 0.15) is 11.7 Å². The molecule has 6 rings (SSSR count). The Morgan fingerprint density at radius 2 is 1.82 bits per heavy atom. The Labute approximate surface area is 233 Å². The van der Waals surface area contributed by atoms with Crippen LogP contribution in [0.15, 0.2) is 79.5 Å². The van der Waals surface area contributed by atoms with Gasteiger partial charge in [-0.1, -0.05) is 50.0 Å². The van der Waals surface area contributed by atoms with Crippen LogP contribution in [0.4, 0.5) is 10.6 Å². The van der Waals surface area contributed by atoms with Crippen LogP contribution in [-0.4, -0.2) is 56.5 Å². The summed E-state index contributed by atoms with van der Waals surface area (Å²) in [6.07, 6.45) is 8.58. The van der Waals surface area contributed by atoms with Gasteiger partial charge in [0, 0.05) is 50.6 Å². The average Bonchev–Trinajstić information content (AvgIpc) is 3.69. The molecule has 1 amide bonds. The molecule has 1 fully saturated rings. The number of amides is 1. The van der Waals surface area contributed by atoms with Crippen molar-refractivity contribution in [1.29, 1.82) is 0 Å². The van der Waals surface area contributed by atoms with Gasteiger partial charge < -0.3 is 14.0 Å². The van der Waals surface area contributed by atoms with E-state index in [-0.39, 0.29) is 12.6 Å². The minimum absolute atomic E-state index is 0.218. The second-order valence-corrected chi connectivity index (χ2v) is 16.6. The fourth-order valence-electron chi connectivity index (χ4n) is 4.68. The normalized spacial score (nSPS) is 15.6. The number of imidazole rings is 1. The van der Waals surface area contributed by atoms with Gasteiger partial charge in [0.15, 0.2) is 5.65 Å². The van der Waals surface area contributed by atoms with Crippen molar-refractivity contribution in [3.05, 3.63) is 85.2 Å². The lowest BCUT2D eigenvalue weighted by molar-refractivity contribution is 0.0883. The van der Waals surface area contributed by atoms with Crippen molar-refractivity contribution < 1.29 is 14.3 Å². The van der Waals surface area contributed by atoms with Crippen molar-refractivity contribution in [2.45, 2.75) is 38.5 Å². The van der Waals surface area contributed by atoms with E-state index in [9.17, 15) is 4.79 Å². The summed E-state index contributed by atoms with van der Waals surface area (Å²) in [5, 5.41) is 4.48. The van der Waals surface area contributed by atoms with E-state index in [1.54, 1.807) is 40.3 Å². The zero-order valence-electron chi connectivity index (χ0n) is 22.8. The van der Waals surface area contributed by atoms with Crippen LogP contribution in [0.25, 0.3) is 28.2 Å². The van der Waals surface area contributed by atoms with Gasteiger partial charge in [0.2, 0.25) is 0 Å². The highest BCUT2D eigenvalue weighted by molar-refractivity contribution is 6.76. The van der Waals surface area contributed by atoms with Gasteiger partial charge in [0.1, 0.15) is 31.0 Å². The summed E-state index contributed by atoms with van der Waals surface area (Å²) < 4.78 is 15.0. The van der Waals surface area contributed by atoms with Gasteiger partial charge in [-0.25, -0.2) is 24.2 Å². The fourth-order valence-corrected chi connectivity index (χ4v) is 5.43. The predicted molar refractivity (Wildman–Crippen MR) is 155 cm³/mol. The molecule has 204 valence electrons. The van der Waals surface area contributed by atoms with Crippen molar-refractivity contribution in [2.75, 3.05) is 18.1 Å². The molecule has 10 nitrogen and oxygen atoms in total. The number of ether oxygens (including phenoxy) is 2. The Morgan fingerprint density at radius 1 is 1.00 bits per heavy atom. The number of rotatable bonds is 9. The van der Waals surface area contributed by atoms with E-state index in [2.05, 4.69) is 34.7 Å². The van der Waals surface area contributed by atoms with Crippen molar-refractivity contribution in [3.8, 4) is 22.5 Å². The molecule has 0 radical (unpaired) electrons. The second kappa shape index (κ2) is 10.7. The molecule has 0 unspecified atom stereocenters. The number of carbonyl (C=O) groups excluding carboxylic acids is 1. The highest BCUT2D eigenvalue weighted by Gasteiger charge is 2.37. The number of benzene rings is 1. The lowest BCUT2D eigenvalue weighted by Crippen LogP contribution is -2.28. The Hall–Kier alpha value is -4.35. The quantitative estimate of drug-likeness (QED) is 0.171. The van der Waals surface area contributed by atoms with Crippen LogP contribution in [0.2, 0.25) is 25.7 Å². The molecule has 5 aromatic rings. The molecule has 11 heteroatoms. The molecule has 40 heavy (non-hydrogen) atoms. The summed E-state index contributed by atoms with van der Waals surface area (Å²) in [5.41, 5.74) is 4.19. The number of pyridine rings is 1. The molecular formula is C29H31N7O3Si. The van der Waals surface area contributed by atoms with Gasteiger partial charge in [-0.2, -0.15) is 5.10 Å². The zero-order chi connectivity index (χ0) is 27.7. The van der Waals surface area contributed by atoms with Crippen LogP contribution >= 0.6 is 0 Å². The fraction of sp³-hybridized carbons (Fsp3) is 0.276. The smallest absolute Gasteiger partial charge is 0.416 e. The SMILES string of the molecule is C[Si](C)(C)CCOCn1ccnc1-c1ccc(-c2cnn3ccc(N4C(=O)OC[C@@H]4c4ccccn4)nc23)cc1. The first-order chi connectivity index (χ1) is 19.4. The third kappa shape index (κ3) is 5.25. The molecule has 1 aromatic carbocycles. The third-order valence-electron chi connectivity index (χ3n) is 6.90. The minimum atomic E-state index is -1.13. The Kier molecular flexibility index (Phi) is 6.91. The van der Waals surface area contributed by atoms with Crippen molar-refractivity contribution in [2.24, 2.45) is 0 Å². The van der Waals surface area contributed by atoms with Gasteiger partial charge >= 0.3 is 6.09 Å². The van der Waals surface area contributed by atoms with Crippen LogP contribution < -0.4 is 4.90 Å². The summed E-state index contributed by atoms with van der Waals surface area (Å²) in [5.74, 6) is 1.34. The number of anilines is 1. The summed E-state index contributed by atoms with van der Waals surface area (Å²) in [4.78, 5) is 28.1. The van der Waals surface area contributed by atoms with Crippen molar-refractivity contribution >= 4 is 25.6 Å². The number of aromatic nitrogens is 6. The lowest BCUT2D eigenvalue weighted by Gasteiger charge is -2.20. The van der Waals surface area contributed by atoms with Crippen molar-refractivity contribution in [1.82, 2.24) is 29.1 Å². The first-order valence-electron chi connectivity index (χ1n) is 13.3. The van der Waals surface area contributed by atoms with Crippen LogP contribution in [0, 0.1) is 0 Å². The monoisotopic (exact) mass is 553 g/mol. The molecule has 0 spiro atoms. The molecule has 0 aliphatic carbocycles. The first kappa shape index (κ1) is 25.9. The van der Waals surface area contributed by atoms with Crippen molar-refractivity contribution in [3.63, 3.8) is 0 Å². The lowest BCUT2D eigenvalue weighted by atomic mass is 10.1. The number of carbonyl (C=O) groups is 1. The molecule has 1 atom stereocenters. The molecule has 0 bridgehead atoms. The maximum atomic E-state index is 12.7. The Bertz CT molecular complexity index is 1630. The number of nitrogens with zero attached hydrogens (tertiary/aromatic N) is 7. The second-order valence-electron chi connectivity index (χ2n) is 11.0. The van der Waals surface area contributed by atoms with Gasteiger partial charge in [0.05, 0.1) is 11.9 Å².